The van der Waals surface area contributed by atoms with Crippen LogP contribution in [-0.4, -0.2) is 36.4 Å². The molecule has 0 atom stereocenters. The number of benzene rings is 2. The molecule has 0 unspecified atom stereocenters. The van der Waals surface area contributed by atoms with Crippen molar-refractivity contribution in [1.82, 2.24) is 0 Å². The quantitative estimate of drug-likeness (QED) is 0.0919. The average molecular weight is 615 g/mol. The number of unbranched alkanes of at least 4 members (excludes halogenated alkanes) is 5. The van der Waals surface area contributed by atoms with Gasteiger partial charge in [-0.05, 0) is 72.9 Å². The maximum atomic E-state index is 11.7. The average Bonchev–Trinajstić information content (AvgIpc) is 2.99. The number of carbonyl (C=O) groups excluding carboxylic acids is 2. The standard InChI is InChI=1S/C18H28O4.C18H26O4/c2*1-14(2)8-6-4-5-7-9-18(20)22-13-15-10-11-16(19)17(12-15)21-3/h10-12,14,19H,4-9,13H2,1-3H3;6,8,10-12,14,19H,4-5,7,9,13H2,1-3H3/b;8-6+. The number of hydrogen-bond donors (Lipinski definition) is 2. The molecule has 2 rings (SSSR count). The van der Waals surface area contributed by atoms with E-state index in [9.17, 15) is 19.8 Å². The van der Waals surface area contributed by atoms with E-state index in [2.05, 4.69) is 39.8 Å². The van der Waals surface area contributed by atoms with Crippen LogP contribution >= 0.6 is 0 Å². The fourth-order valence-corrected chi connectivity index (χ4v) is 4.17. The number of methoxy groups -OCH3 is 2. The number of phenolic OH excluding ortho intramolecular Hbond substituents is 2. The minimum absolute atomic E-state index is 0.0760. The Bertz CT molecular complexity index is 1120. The summed E-state index contributed by atoms with van der Waals surface area (Å²) in [4.78, 5) is 23.3. The number of esters is 2. The third-order valence-electron chi connectivity index (χ3n) is 6.72. The molecule has 0 saturated carbocycles. The lowest BCUT2D eigenvalue weighted by Crippen LogP contribution is -2.04. The molecule has 0 aliphatic carbocycles. The highest BCUT2D eigenvalue weighted by atomic mass is 16.5. The third kappa shape index (κ3) is 18.1. The lowest BCUT2D eigenvalue weighted by molar-refractivity contribution is -0.146. The van der Waals surface area contributed by atoms with E-state index in [1.807, 2.05) is 0 Å². The predicted molar refractivity (Wildman–Crippen MR) is 174 cm³/mol. The van der Waals surface area contributed by atoms with Crippen molar-refractivity contribution in [3.8, 4) is 23.0 Å². The van der Waals surface area contributed by atoms with Gasteiger partial charge in [0.2, 0.25) is 0 Å². The van der Waals surface area contributed by atoms with Crippen LogP contribution in [0.25, 0.3) is 0 Å². The number of carbonyl (C=O) groups is 2. The van der Waals surface area contributed by atoms with Gasteiger partial charge in [-0.1, -0.05) is 77.7 Å². The highest BCUT2D eigenvalue weighted by Crippen LogP contribution is 2.27. The molecule has 2 aromatic rings. The molecule has 2 aromatic carbocycles. The Morgan fingerprint density at radius 2 is 1.18 bits per heavy atom. The van der Waals surface area contributed by atoms with Crippen molar-refractivity contribution in [2.75, 3.05) is 14.2 Å². The van der Waals surface area contributed by atoms with Gasteiger partial charge in [-0.3, -0.25) is 9.59 Å². The SMILES string of the molecule is COc1cc(COC(=O)CCCC/C=C/C(C)C)ccc1O.COc1cc(COC(=O)CCCCCCC(C)C)ccc1O. The van der Waals surface area contributed by atoms with Gasteiger partial charge in [0.25, 0.3) is 0 Å². The normalized spacial score (nSPS) is 10.9. The highest BCUT2D eigenvalue weighted by molar-refractivity contribution is 5.69. The number of phenols is 2. The largest absolute Gasteiger partial charge is 0.504 e. The molecule has 246 valence electrons. The second kappa shape index (κ2) is 22.8. The first-order chi connectivity index (χ1) is 21.0. The molecule has 0 aliphatic heterocycles. The topological polar surface area (TPSA) is 112 Å². The molecule has 0 heterocycles. The molecular weight excluding hydrogens is 560 g/mol. The Hall–Kier alpha value is -3.68. The third-order valence-corrected chi connectivity index (χ3v) is 6.72. The van der Waals surface area contributed by atoms with Crippen LogP contribution in [0.5, 0.6) is 23.0 Å². The van der Waals surface area contributed by atoms with Crippen molar-refractivity contribution in [3.63, 3.8) is 0 Å². The van der Waals surface area contributed by atoms with Crippen molar-refractivity contribution in [3.05, 3.63) is 59.7 Å². The molecule has 0 amide bonds. The van der Waals surface area contributed by atoms with E-state index in [0.29, 0.717) is 30.3 Å². The zero-order valence-corrected chi connectivity index (χ0v) is 27.6. The molecular formula is C36H54O8. The molecule has 8 nitrogen and oxygen atoms in total. The van der Waals surface area contributed by atoms with Crippen molar-refractivity contribution in [2.24, 2.45) is 11.8 Å². The summed E-state index contributed by atoms with van der Waals surface area (Å²) < 4.78 is 20.5. The molecule has 0 aliphatic rings. The number of allylic oxidation sites excluding steroid dienone is 2. The summed E-state index contributed by atoms with van der Waals surface area (Å²) in [5, 5.41) is 19.0. The Kier molecular flexibility index (Phi) is 19.9. The molecule has 0 radical (unpaired) electrons. The minimum Gasteiger partial charge on any atom is -0.504 e. The Labute approximate surface area is 264 Å². The van der Waals surface area contributed by atoms with Gasteiger partial charge in [-0.25, -0.2) is 0 Å². The van der Waals surface area contributed by atoms with Crippen molar-refractivity contribution < 1.29 is 38.7 Å². The first kappa shape index (κ1) is 38.3. The van der Waals surface area contributed by atoms with Gasteiger partial charge in [-0.15, -0.1) is 0 Å². The maximum absolute atomic E-state index is 11.7. The van der Waals surface area contributed by atoms with Crippen molar-refractivity contribution in [1.29, 1.82) is 0 Å². The van der Waals surface area contributed by atoms with Crippen LogP contribution in [0.3, 0.4) is 0 Å². The second-order valence-electron chi connectivity index (χ2n) is 11.6. The number of rotatable bonds is 19. The van der Waals surface area contributed by atoms with Crippen molar-refractivity contribution >= 4 is 11.9 Å². The maximum Gasteiger partial charge on any atom is 0.306 e. The Balaban J connectivity index is 0.000000440. The van der Waals surface area contributed by atoms with E-state index < -0.39 is 0 Å². The van der Waals surface area contributed by atoms with Gasteiger partial charge in [0, 0.05) is 12.8 Å². The second-order valence-corrected chi connectivity index (χ2v) is 11.6. The van der Waals surface area contributed by atoms with Gasteiger partial charge in [-0.2, -0.15) is 0 Å². The molecule has 2 N–H and O–H groups in total. The molecule has 0 saturated heterocycles. The van der Waals surface area contributed by atoms with Gasteiger partial charge >= 0.3 is 11.9 Å². The first-order valence-corrected chi connectivity index (χ1v) is 15.7. The molecule has 0 aromatic heterocycles. The van der Waals surface area contributed by atoms with Crippen LogP contribution in [0.15, 0.2) is 48.6 Å². The molecule has 8 heteroatoms. The highest BCUT2D eigenvalue weighted by Gasteiger charge is 2.08. The predicted octanol–water partition coefficient (Wildman–Crippen LogP) is 8.66. The van der Waals surface area contributed by atoms with E-state index >= 15 is 0 Å². The van der Waals surface area contributed by atoms with E-state index in [1.54, 1.807) is 24.3 Å². The van der Waals surface area contributed by atoms with Crippen LogP contribution in [0.2, 0.25) is 0 Å². The number of aromatic hydroxyl groups is 2. The zero-order valence-electron chi connectivity index (χ0n) is 27.6. The molecule has 0 fully saturated rings. The lowest BCUT2D eigenvalue weighted by atomic mass is 10.0. The number of ether oxygens (including phenoxy) is 4. The van der Waals surface area contributed by atoms with Gasteiger partial charge in [0.05, 0.1) is 14.2 Å². The summed E-state index contributed by atoms with van der Waals surface area (Å²) in [7, 11) is 2.97. The van der Waals surface area contributed by atoms with Crippen LogP contribution in [0, 0.1) is 11.8 Å². The smallest absolute Gasteiger partial charge is 0.306 e. The summed E-state index contributed by atoms with van der Waals surface area (Å²) >= 11 is 0. The van der Waals surface area contributed by atoms with E-state index in [0.717, 1.165) is 49.1 Å². The number of hydrogen-bond acceptors (Lipinski definition) is 8. The first-order valence-electron chi connectivity index (χ1n) is 15.7. The lowest BCUT2D eigenvalue weighted by Gasteiger charge is -2.08. The Morgan fingerprint density at radius 1 is 0.705 bits per heavy atom. The van der Waals surface area contributed by atoms with Gasteiger partial charge in [0.15, 0.2) is 23.0 Å². The van der Waals surface area contributed by atoms with Crippen LogP contribution in [-0.2, 0) is 32.3 Å². The van der Waals surface area contributed by atoms with E-state index in [4.69, 9.17) is 18.9 Å². The summed E-state index contributed by atoms with van der Waals surface area (Å²) in [6.07, 6.45) is 13.7. The van der Waals surface area contributed by atoms with E-state index in [1.165, 1.54) is 45.6 Å². The monoisotopic (exact) mass is 614 g/mol. The van der Waals surface area contributed by atoms with Crippen LogP contribution in [0.4, 0.5) is 0 Å². The summed E-state index contributed by atoms with van der Waals surface area (Å²) in [5.41, 5.74) is 1.60. The van der Waals surface area contributed by atoms with Crippen LogP contribution in [0.1, 0.15) is 103 Å². The molecule has 44 heavy (non-hydrogen) atoms. The molecule has 0 bridgehead atoms. The van der Waals surface area contributed by atoms with E-state index in [-0.39, 0.29) is 36.7 Å². The Morgan fingerprint density at radius 3 is 1.64 bits per heavy atom. The van der Waals surface area contributed by atoms with Gasteiger partial charge in [0.1, 0.15) is 13.2 Å². The molecule has 0 spiro atoms. The van der Waals surface area contributed by atoms with Gasteiger partial charge < -0.3 is 29.2 Å². The minimum atomic E-state index is -0.195. The summed E-state index contributed by atoms with van der Waals surface area (Å²) in [6.45, 7) is 9.16. The zero-order chi connectivity index (χ0) is 32.7. The summed E-state index contributed by atoms with van der Waals surface area (Å²) in [5.74, 6) is 1.89. The van der Waals surface area contributed by atoms with Crippen LogP contribution < -0.4 is 9.47 Å². The summed E-state index contributed by atoms with van der Waals surface area (Å²) in [6, 6.07) is 9.84. The fraction of sp³-hybridized carbons (Fsp3) is 0.556. The fourth-order valence-electron chi connectivity index (χ4n) is 4.17. The van der Waals surface area contributed by atoms with Crippen molar-refractivity contribution in [2.45, 2.75) is 105 Å².